The molecule has 0 spiro atoms. The molecule has 3 fully saturated rings. The molecule has 10 rings (SSSR count). The average Bonchev–Trinajstić information content (AvgIpc) is 3.95. The summed E-state index contributed by atoms with van der Waals surface area (Å²) in [6.07, 6.45) is 12.0. The lowest BCUT2D eigenvalue weighted by Crippen LogP contribution is -2.30. The van der Waals surface area contributed by atoms with Gasteiger partial charge in [-0.3, -0.25) is 0 Å². The van der Waals surface area contributed by atoms with E-state index in [1.54, 1.807) is 0 Å². The third kappa shape index (κ3) is 5.42. The van der Waals surface area contributed by atoms with Crippen molar-refractivity contribution in [3.05, 3.63) is 162 Å². The van der Waals surface area contributed by atoms with Crippen LogP contribution in [0, 0.1) is 11.8 Å². The van der Waals surface area contributed by atoms with Crippen LogP contribution >= 0.6 is 11.3 Å². The summed E-state index contributed by atoms with van der Waals surface area (Å²) in [6, 6.07) is 55.4. The smallest absolute Gasteiger partial charge is 0.0468 e. The minimum atomic E-state index is 0.0908. The van der Waals surface area contributed by atoms with Crippen molar-refractivity contribution in [1.29, 1.82) is 0 Å². The van der Waals surface area contributed by atoms with Crippen molar-refractivity contribution in [1.82, 2.24) is 0 Å². The first-order chi connectivity index (χ1) is 25.2. The summed E-state index contributed by atoms with van der Waals surface area (Å²) in [5, 5.41) is 2.69. The lowest BCUT2D eigenvalue weighted by atomic mass is 9.65. The van der Waals surface area contributed by atoms with E-state index in [4.69, 9.17) is 0 Å². The summed E-state index contributed by atoms with van der Waals surface area (Å²) in [4.78, 5) is 2.50. The maximum Gasteiger partial charge on any atom is 0.0468 e. The highest BCUT2D eigenvalue weighted by molar-refractivity contribution is 7.26. The van der Waals surface area contributed by atoms with Gasteiger partial charge in [-0.05, 0) is 126 Å². The van der Waals surface area contributed by atoms with E-state index in [-0.39, 0.29) is 5.41 Å². The third-order valence-corrected chi connectivity index (χ3v) is 14.0. The van der Waals surface area contributed by atoms with Crippen molar-refractivity contribution in [2.75, 3.05) is 4.90 Å². The maximum atomic E-state index is 2.50. The fourth-order valence-corrected chi connectivity index (χ4v) is 11.5. The van der Waals surface area contributed by atoms with Gasteiger partial charge in [0.05, 0.1) is 0 Å². The monoisotopic (exact) mass is 679 g/mol. The number of anilines is 3. The standard InChI is InChI=1S/C49H45NS/c1-4-11-35(12-5-1)43-15-10-16-47-48(43)45-33-42(27-28-46(45)51-47)50(40-23-19-36(20-24-40)44-32-34-17-18-37(44)31-34)41-25-21-39(22-26-41)49(29-8-3-9-30-49)38-13-6-2-7-14-38/h1-2,4-7,10-16,19-28,33-34,37,44H,3,8-9,17-18,29-32H2. The van der Waals surface area contributed by atoms with Gasteiger partial charge >= 0.3 is 0 Å². The number of benzene rings is 6. The molecule has 2 heteroatoms. The van der Waals surface area contributed by atoms with Crippen molar-refractivity contribution in [3.8, 4) is 11.1 Å². The lowest BCUT2D eigenvalue weighted by Gasteiger charge is -2.39. The van der Waals surface area contributed by atoms with Crippen LogP contribution in [0.5, 0.6) is 0 Å². The van der Waals surface area contributed by atoms with Gasteiger partial charge in [-0.1, -0.05) is 123 Å². The van der Waals surface area contributed by atoms with E-state index in [1.165, 1.54) is 123 Å². The van der Waals surface area contributed by atoms with Crippen molar-refractivity contribution >= 4 is 48.6 Å². The molecule has 51 heavy (non-hydrogen) atoms. The van der Waals surface area contributed by atoms with E-state index in [9.17, 15) is 0 Å². The first kappa shape index (κ1) is 31.1. The van der Waals surface area contributed by atoms with E-state index in [0.29, 0.717) is 0 Å². The van der Waals surface area contributed by atoms with Gasteiger partial charge in [-0.2, -0.15) is 0 Å². The zero-order chi connectivity index (χ0) is 33.8. The lowest BCUT2D eigenvalue weighted by molar-refractivity contribution is 0.346. The van der Waals surface area contributed by atoms with Crippen molar-refractivity contribution in [2.24, 2.45) is 11.8 Å². The second-order valence-electron chi connectivity index (χ2n) is 15.6. The molecule has 3 atom stereocenters. The highest BCUT2D eigenvalue weighted by Crippen LogP contribution is 2.53. The molecule has 7 aromatic rings. The van der Waals surface area contributed by atoms with Crippen molar-refractivity contribution in [2.45, 2.75) is 69.1 Å². The Kier molecular flexibility index (Phi) is 7.83. The Morgan fingerprint density at radius 3 is 1.94 bits per heavy atom. The number of hydrogen-bond donors (Lipinski definition) is 0. The molecular weight excluding hydrogens is 635 g/mol. The molecule has 2 bridgehead atoms. The fourth-order valence-electron chi connectivity index (χ4n) is 10.4. The van der Waals surface area contributed by atoms with Crippen LogP contribution in [0.2, 0.25) is 0 Å². The highest BCUT2D eigenvalue weighted by Gasteiger charge is 2.40. The zero-order valence-electron chi connectivity index (χ0n) is 29.3. The highest BCUT2D eigenvalue weighted by atomic mass is 32.1. The number of thiophene rings is 1. The SMILES string of the molecule is c1ccc(-c2cccc3sc4ccc(N(c5ccc(C6CC7CCC6C7)cc5)c5ccc(C6(c7ccccc7)CCCCC6)cc5)cc4c23)cc1. The summed E-state index contributed by atoms with van der Waals surface area (Å²) in [7, 11) is 0. The van der Waals surface area contributed by atoms with E-state index >= 15 is 0 Å². The van der Waals surface area contributed by atoms with E-state index < -0.39 is 0 Å². The van der Waals surface area contributed by atoms with E-state index in [1.807, 2.05) is 11.3 Å². The molecule has 6 aromatic carbocycles. The normalized spacial score (nSPS) is 21.0. The van der Waals surface area contributed by atoms with Gasteiger partial charge in [0, 0.05) is 42.6 Å². The fraction of sp³-hybridized carbons (Fsp3) is 0.265. The van der Waals surface area contributed by atoms with Gasteiger partial charge in [-0.25, -0.2) is 0 Å². The minimum Gasteiger partial charge on any atom is -0.310 e. The Hall–Kier alpha value is -4.66. The van der Waals surface area contributed by atoms with Gasteiger partial charge in [-0.15, -0.1) is 11.3 Å². The number of hydrogen-bond acceptors (Lipinski definition) is 2. The first-order valence-corrected chi connectivity index (χ1v) is 20.1. The molecule has 0 aliphatic heterocycles. The maximum absolute atomic E-state index is 2.50. The Balaban J connectivity index is 1.10. The predicted molar refractivity (Wildman–Crippen MR) is 218 cm³/mol. The van der Waals surface area contributed by atoms with Crippen LogP contribution in [-0.4, -0.2) is 0 Å². The van der Waals surface area contributed by atoms with Crippen LogP contribution in [0.15, 0.2) is 146 Å². The predicted octanol–water partition coefficient (Wildman–Crippen LogP) is 14.3. The van der Waals surface area contributed by atoms with E-state index in [2.05, 4.69) is 150 Å². The molecule has 0 radical (unpaired) electrons. The molecule has 3 unspecified atom stereocenters. The zero-order valence-corrected chi connectivity index (χ0v) is 30.1. The summed E-state index contributed by atoms with van der Waals surface area (Å²) in [5.74, 6) is 2.57. The largest absolute Gasteiger partial charge is 0.310 e. The number of nitrogens with zero attached hydrogens (tertiary/aromatic N) is 1. The second-order valence-corrected chi connectivity index (χ2v) is 16.7. The molecule has 3 aliphatic rings. The molecule has 252 valence electrons. The van der Waals surface area contributed by atoms with Gasteiger partial charge in [0.1, 0.15) is 0 Å². The molecule has 1 aromatic heterocycles. The molecule has 0 N–H and O–H groups in total. The van der Waals surface area contributed by atoms with Gasteiger partial charge in [0.15, 0.2) is 0 Å². The summed E-state index contributed by atoms with van der Waals surface area (Å²) in [5.41, 5.74) is 10.8. The molecule has 0 saturated heterocycles. The Morgan fingerprint density at radius 1 is 0.549 bits per heavy atom. The molecular formula is C49H45NS. The molecule has 3 aliphatic carbocycles. The molecule has 1 nitrogen and oxygen atoms in total. The quantitative estimate of drug-likeness (QED) is 0.162. The van der Waals surface area contributed by atoms with Crippen LogP contribution in [0.3, 0.4) is 0 Å². The summed E-state index contributed by atoms with van der Waals surface area (Å²) < 4.78 is 2.68. The van der Waals surface area contributed by atoms with Crippen LogP contribution in [0.1, 0.15) is 80.4 Å². The second kappa shape index (κ2) is 12.8. The average molecular weight is 680 g/mol. The van der Waals surface area contributed by atoms with Crippen LogP contribution in [0.25, 0.3) is 31.3 Å². The Morgan fingerprint density at radius 2 is 1.24 bits per heavy atom. The van der Waals surface area contributed by atoms with Crippen molar-refractivity contribution < 1.29 is 0 Å². The Labute approximate surface area is 306 Å². The number of fused-ring (bicyclic) bond motifs is 5. The van der Waals surface area contributed by atoms with E-state index in [0.717, 1.165) is 17.8 Å². The van der Waals surface area contributed by atoms with Crippen LogP contribution in [0.4, 0.5) is 17.1 Å². The van der Waals surface area contributed by atoms with Gasteiger partial charge in [0.25, 0.3) is 0 Å². The topological polar surface area (TPSA) is 3.24 Å². The molecule has 1 heterocycles. The van der Waals surface area contributed by atoms with Crippen molar-refractivity contribution in [3.63, 3.8) is 0 Å². The third-order valence-electron chi connectivity index (χ3n) is 12.9. The number of rotatable bonds is 7. The Bertz CT molecular complexity index is 2300. The minimum absolute atomic E-state index is 0.0908. The van der Waals surface area contributed by atoms with Crippen LogP contribution < -0.4 is 4.90 Å². The molecule has 0 amide bonds. The molecule has 3 saturated carbocycles. The van der Waals surface area contributed by atoms with Gasteiger partial charge < -0.3 is 4.90 Å². The van der Waals surface area contributed by atoms with Gasteiger partial charge in [0.2, 0.25) is 0 Å². The van der Waals surface area contributed by atoms with Crippen LogP contribution in [-0.2, 0) is 5.41 Å². The summed E-state index contributed by atoms with van der Waals surface area (Å²) >= 11 is 1.90. The summed E-state index contributed by atoms with van der Waals surface area (Å²) in [6.45, 7) is 0. The first-order valence-electron chi connectivity index (χ1n) is 19.3.